The zero-order valence-corrected chi connectivity index (χ0v) is 15.2. The SMILES string of the molecule is CCS(=O)(=O)c1c(-c2nc3ccc(C(F)(F)F)cn3n2)nc2n1CCCC2. The minimum Gasteiger partial charge on any atom is -0.318 e. The summed E-state index contributed by atoms with van der Waals surface area (Å²) in [6, 6.07) is 2.11. The van der Waals surface area contributed by atoms with E-state index in [0.717, 1.165) is 29.6 Å². The third-order valence-corrected chi connectivity index (χ3v) is 6.34. The first-order chi connectivity index (χ1) is 12.7. The third kappa shape index (κ3) is 2.99. The van der Waals surface area contributed by atoms with Crippen molar-refractivity contribution in [3.8, 4) is 11.5 Å². The van der Waals surface area contributed by atoms with E-state index in [2.05, 4.69) is 15.1 Å². The number of hydrogen-bond donors (Lipinski definition) is 0. The van der Waals surface area contributed by atoms with Gasteiger partial charge >= 0.3 is 6.18 Å². The first kappa shape index (κ1) is 18.0. The molecule has 0 N–H and O–H groups in total. The average molecular weight is 399 g/mol. The van der Waals surface area contributed by atoms with E-state index in [-0.39, 0.29) is 27.9 Å². The van der Waals surface area contributed by atoms with Gasteiger partial charge in [-0.15, -0.1) is 5.10 Å². The lowest BCUT2D eigenvalue weighted by atomic mass is 10.2. The monoisotopic (exact) mass is 399 g/mol. The molecule has 11 heteroatoms. The van der Waals surface area contributed by atoms with Crippen LogP contribution in [0.5, 0.6) is 0 Å². The standard InChI is InChI=1S/C16H16F3N5O2S/c1-2-27(25,26)15-13(20-11-5-3-4-8-23(11)15)14-21-12-7-6-10(16(17,18)19)9-24(12)22-14/h6-7,9H,2-5,8H2,1H3. The Kier molecular flexibility index (Phi) is 4.02. The lowest BCUT2D eigenvalue weighted by Gasteiger charge is -2.15. The van der Waals surface area contributed by atoms with Crippen LogP contribution in [0.2, 0.25) is 0 Å². The number of pyridine rings is 1. The van der Waals surface area contributed by atoms with E-state index in [1.54, 1.807) is 4.57 Å². The molecule has 0 spiro atoms. The van der Waals surface area contributed by atoms with Crippen molar-refractivity contribution < 1.29 is 21.6 Å². The first-order valence-electron chi connectivity index (χ1n) is 8.47. The average Bonchev–Trinajstić information content (AvgIpc) is 3.21. The number of nitrogens with zero attached hydrogens (tertiary/aromatic N) is 5. The molecule has 0 amide bonds. The van der Waals surface area contributed by atoms with Gasteiger partial charge in [-0.2, -0.15) is 13.2 Å². The molecule has 0 aromatic carbocycles. The summed E-state index contributed by atoms with van der Waals surface area (Å²) < 4.78 is 66.7. The zero-order chi connectivity index (χ0) is 19.4. The Morgan fingerprint density at radius 2 is 1.96 bits per heavy atom. The number of rotatable bonds is 3. The molecule has 0 fully saturated rings. The summed E-state index contributed by atoms with van der Waals surface area (Å²) in [5.74, 6) is 0.526. The Balaban J connectivity index is 1.92. The van der Waals surface area contributed by atoms with Crippen molar-refractivity contribution in [3.63, 3.8) is 0 Å². The predicted octanol–water partition coefficient (Wildman–Crippen LogP) is 2.74. The minimum absolute atomic E-state index is 0.00301. The van der Waals surface area contributed by atoms with E-state index in [4.69, 9.17) is 0 Å². The highest BCUT2D eigenvalue weighted by Crippen LogP contribution is 2.32. The third-order valence-electron chi connectivity index (χ3n) is 4.58. The van der Waals surface area contributed by atoms with Crippen LogP contribution >= 0.6 is 0 Å². The van der Waals surface area contributed by atoms with Crippen molar-refractivity contribution in [2.75, 3.05) is 5.75 Å². The lowest BCUT2D eigenvalue weighted by Crippen LogP contribution is -2.17. The molecule has 4 heterocycles. The summed E-state index contributed by atoms with van der Waals surface area (Å²) in [6.45, 7) is 2.07. The highest BCUT2D eigenvalue weighted by Gasteiger charge is 2.33. The van der Waals surface area contributed by atoms with E-state index in [9.17, 15) is 21.6 Å². The molecular formula is C16H16F3N5O2S. The van der Waals surface area contributed by atoms with Gasteiger partial charge in [0.2, 0.25) is 5.82 Å². The fourth-order valence-corrected chi connectivity index (χ4v) is 4.44. The van der Waals surface area contributed by atoms with Gasteiger partial charge in [-0.05, 0) is 25.0 Å². The van der Waals surface area contributed by atoms with Crippen LogP contribution in [0, 0.1) is 0 Å². The van der Waals surface area contributed by atoms with Crippen LogP contribution in [0.1, 0.15) is 31.2 Å². The Bertz CT molecular complexity index is 1130. The Morgan fingerprint density at radius 1 is 1.19 bits per heavy atom. The van der Waals surface area contributed by atoms with Crippen LogP contribution in [-0.4, -0.2) is 38.3 Å². The number of sulfone groups is 1. The van der Waals surface area contributed by atoms with E-state index in [1.807, 2.05) is 0 Å². The summed E-state index contributed by atoms with van der Waals surface area (Å²) >= 11 is 0. The fourth-order valence-electron chi connectivity index (χ4n) is 3.21. The molecule has 3 aromatic heterocycles. The van der Waals surface area contributed by atoms with E-state index >= 15 is 0 Å². The second-order valence-corrected chi connectivity index (χ2v) is 8.54. The van der Waals surface area contributed by atoms with Gasteiger partial charge in [0, 0.05) is 19.2 Å². The largest absolute Gasteiger partial charge is 0.417 e. The topological polar surface area (TPSA) is 82.2 Å². The molecule has 0 bridgehead atoms. The summed E-state index contributed by atoms with van der Waals surface area (Å²) in [7, 11) is -3.61. The first-order valence-corrected chi connectivity index (χ1v) is 10.1. The predicted molar refractivity (Wildman–Crippen MR) is 89.9 cm³/mol. The molecule has 0 aliphatic carbocycles. The Labute approximate surface area is 152 Å². The van der Waals surface area contributed by atoms with Gasteiger partial charge in [0.1, 0.15) is 11.5 Å². The van der Waals surface area contributed by atoms with Gasteiger partial charge in [-0.1, -0.05) is 6.92 Å². The molecule has 0 atom stereocenters. The summed E-state index contributed by atoms with van der Waals surface area (Å²) in [6.07, 6.45) is -1.31. The second-order valence-electron chi connectivity index (χ2n) is 6.35. The van der Waals surface area contributed by atoms with Crippen molar-refractivity contribution >= 4 is 15.5 Å². The maximum atomic E-state index is 12.9. The second kappa shape index (κ2) is 6.04. The molecule has 0 saturated carbocycles. The summed E-state index contributed by atoms with van der Waals surface area (Å²) in [4.78, 5) is 8.63. The van der Waals surface area contributed by atoms with Crippen LogP contribution in [0.15, 0.2) is 23.4 Å². The summed E-state index contributed by atoms with van der Waals surface area (Å²) in [5.41, 5.74) is -0.577. The van der Waals surface area contributed by atoms with E-state index < -0.39 is 21.6 Å². The number of hydrogen-bond acceptors (Lipinski definition) is 5. The minimum atomic E-state index is -4.51. The maximum Gasteiger partial charge on any atom is 0.417 e. The van der Waals surface area contributed by atoms with Crippen LogP contribution in [0.4, 0.5) is 13.2 Å². The number of aromatic nitrogens is 5. The molecule has 0 radical (unpaired) electrons. The van der Waals surface area contributed by atoms with Gasteiger partial charge in [0.15, 0.2) is 20.5 Å². The molecule has 27 heavy (non-hydrogen) atoms. The fraction of sp³-hybridized carbons (Fsp3) is 0.438. The molecule has 3 aromatic rings. The van der Waals surface area contributed by atoms with E-state index in [1.165, 1.54) is 13.0 Å². The van der Waals surface area contributed by atoms with Gasteiger partial charge in [0.05, 0.1) is 11.3 Å². The van der Waals surface area contributed by atoms with Crippen LogP contribution in [0.25, 0.3) is 17.2 Å². The Hall–Kier alpha value is -2.43. The molecule has 7 nitrogen and oxygen atoms in total. The molecular weight excluding hydrogens is 383 g/mol. The van der Waals surface area contributed by atoms with Gasteiger partial charge in [-0.3, -0.25) is 0 Å². The molecule has 0 unspecified atom stereocenters. The maximum absolute atomic E-state index is 12.9. The van der Waals surface area contributed by atoms with Gasteiger partial charge < -0.3 is 4.57 Å². The molecule has 4 rings (SSSR count). The highest BCUT2D eigenvalue weighted by atomic mass is 32.2. The van der Waals surface area contributed by atoms with Crippen molar-refractivity contribution in [1.82, 2.24) is 24.1 Å². The smallest absolute Gasteiger partial charge is 0.318 e. The van der Waals surface area contributed by atoms with Crippen molar-refractivity contribution in [1.29, 1.82) is 0 Å². The molecule has 1 aliphatic rings. The number of aryl methyl sites for hydroxylation is 1. The number of imidazole rings is 1. The molecule has 144 valence electrons. The van der Waals surface area contributed by atoms with Crippen molar-refractivity contribution in [2.45, 2.75) is 43.9 Å². The quantitative estimate of drug-likeness (QED) is 0.676. The normalized spacial score (nSPS) is 15.3. The number of alkyl halides is 3. The molecule has 0 saturated heterocycles. The lowest BCUT2D eigenvalue weighted by molar-refractivity contribution is -0.137. The Morgan fingerprint density at radius 3 is 2.67 bits per heavy atom. The van der Waals surface area contributed by atoms with Crippen LogP contribution in [0.3, 0.4) is 0 Å². The number of fused-ring (bicyclic) bond motifs is 2. The number of halogens is 3. The van der Waals surface area contributed by atoms with Gasteiger partial charge in [0.25, 0.3) is 0 Å². The van der Waals surface area contributed by atoms with Gasteiger partial charge in [-0.25, -0.2) is 22.9 Å². The van der Waals surface area contributed by atoms with E-state index in [0.29, 0.717) is 18.8 Å². The van der Waals surface area contributed by atoms with Crippen LogP contribution in [-0.2, 0) is 29.0 Å². The zero-order valence-electron chi connectivity index (χ0n) is 14.4. The van der Waals surface area contributed by atoms with Crippen molar-refractivity contribution in [2.24, 2.45) is 0 Å². The van der Waals surface area contributed by atoms with Crippen molar-refractivity contribution in [3.05, 3.63) is 29.7 Å². The van der Waals surface area contributed by atoms with Crippen LogP contribution < -0.4 is 0 Å². The highest BCUT2D eigenvalue weighted by molar-refractivity contribution is 7.91. The molecule has 1 aliphatic heterocycles. The summed E-state index contributed by atoms with van der Waals surface area (Å²) in [5, 5.41) is 4.12.